The normalized spacial score (nSPS) is 32.8. The lowest BCUT2D eigenvalue weighted by Crippen LogP contribution is -2.48. The van der Waals surface area contributed by atoms with Gasteiger partial charge in [0.2, 0.25) is 0 Å². The van der Waals surface area contributed by atoms with Crippen LogP contribution >= 0.6 is 0 Å². The molecule has 1 aliphatic carbocycles. The van der Waals surface area contributed by atoms with Gasteiger partial charge in [-0.05, 0) is 38.0 Å². The van der Waals surface area contributed by atoms with Crippen LogP contribution in [0.1, 0.15) is 39.0 Å². The molecule has 1 saturated carbocycles. The Bertz CT molecular complexity index is 319. The van der Waals surface area contributed by atoms with E-state index in [9.17, 15) is 9.59 Å². The van der Waals surface area contributed by atoms with E-state index >= 15 is 0 Å². The average molecular weight is 240 g/mol. The third kappa shape index (κ3) is 2.70. The number of carboxylic acid groups (broad SMARTS) is 1. The number of amides is 2. The van der Waals surface area contributed by atoms with Gasteiger partial charge in [0.25, 0.3) is 0 Å². The minimum Gasteiger partial charge on any atom is -0.480 e. The number of likely N-dealkylation sites (tertiary alicyclic amines) is 1. The second-order valence-corrected chi connectivity index (χ2v) is 5.25. The predicted molar refractivity (Wildman–Crippen MR) is 62.7 cm³/mol. The van der Waals surface area contributed by atoms with Gasteiger partial charge < -0.3 is 15.3 Å². The number of aliphatic carboxylic acids is 1. The van der Waals surface area contributed by atoms with Crippen LogP contribution < -0.4 is 5.32 Å². The van der Waals surface area contributed by atoms with Gasteiger partial charge >= 0.3 is 12.0 Å². The van der Waals surface area contributed by atoms with E-state index in [1.54, 1.807) is 0 Å². The summed E-state index contributed by atoms with van der Waals surface area (Å²) in [4.78, 5) is 24.4. The first-order valence-electron chi connectivity index (χ1n) is 6.38. The van der Waals surface area contributed by atoms with Gasteiger partial charge in [0, 0.05) is 12.6 Å². The summed E-state index contributed by atoms with van der Waals surface area (Å²) in [7, 11) is 0. The summed E-state index contributed by atoms with van der Waals surface area (Å²) >= 11 is 0. The van der Waals surface area contributed by atoms with Crippen LogP contribution in [0.2, 0.25) is 0 Å². The molecule has 0 bridgehead atoms. The van der Waals surface area contributed by atoms with Crippen LogP contribution in [0.5, 0.6) is 0 Å². The minimum atomic E-state index is -0.891. The van der Waals surface area contributed by atoms with Crippen molar-refractivity contribution in [1.29, 1.82) is 0 Å². The lowest BCUT2D eigenvalue weighted by atomic mass is 10.1. The highest BCUT2D eigenvalue weighted by atomic mass is 16.4. The van der Waals surface area contributed by atoms with Gasteiger partial charge in [0.1, 0.15) is 6.04 Å². The number of rotatable bonds is 2. The largest absolute Gasteiger partial charge is 0.480 e. The molecule has 0 spiro atoms. The quantitative estimate of drug-likeness (QED) is 0.767. The topological polar surface area (TPSA) is 69.6 Å². The van der Waals surface area contributed by atoms with Gasteiger partial charge in [-0.1, -0.05) is 6.92 Å². The van der Waals surface area contributed by atoms with Crippen LogP contribution in [-0.4, -0.2) is 40.6 Å². The zero-order valence-corrected chi connectivity index (χ0v) is 10.2. The molecule has 0 aromatic carbocycles. The van der Waals surface area contributed by atoms with Crippen molar-refractivity contribution in [3.05, 3.63) is 0 Å². The highest BCUT2D eigenvalue weighted by molar-refractivity contribution is 5.83. The number of nitrogens with one attached hydrogen (secondary N) is 1. The first kappa shape index (κ1) is 12.2. The van der Waals surface area contributed by atoms with Crippen LogP contribution in [0.15, 0.2) is 0 Å². The van der Waals surface area contributed by atoms with Crippen molar-refractivity contribution in [2.24, 2.45) is 5.92 Å². The molecule has 2 N–H and O–H groups in total. The second kappa shape index (κ2) is 4.94. The second-order valence-electron chi connectivity index (χ2n) is 5.25. The number of urea groups is 1. The Balaban J connectivity index is 1.89. The fourth-order valence-corrected chi connectivity index (χ4v) is 2.86. The maximum atomic E-state index is 12.0. The molecule has 96 valence electrons. The van der Waals surface area contributed by atoms with E-state index in [1.807, 2.05) is 0 Å². The van der Waals surface area contributed by atoms with Crippen molar-refractivity contribution >= 4 is 12.0 Å². The van der Waals surface area contributed by atoms with Crippen LogP contribution in [0.3, 0.4) is 0 Å². The Morgan fingerprint density at radius 2 is 2.06 bits per heavy atom. The Labute approximate surface area is 101 Å². The molecule has 3 atom stereocenters. The van der Waals surface area contributed by atoms with Gasteiger partial charge in [0.15, 0.2) is 0 Å². The highest BCUT2D eigenvalue weighted by Crippen LogP contribution is 2.25. The van der Waals surface area contributed by atoms with E-state index in [0.717, 1.165) is 25.7 Å². The number of carbonyl (C=O) groups excluding carboxylic acids is 1. The van der Waals surface area contributed by atoms with Crippen molar-refractivity contribution < 1.29 is 14.7 Å². The molecular formula is C12H20N2O3. The number of hydrogen-bond donors (Lipinski definition) is 2. The summed E-state index contributed by atoms with van der Waals surface area (Å²) < 4.78 is 0. The Hall–Kier alpha value is -1.26. The van der Waals surface area contributed by atoms with E-state index in [4.69, 9.17) is 5.11 Å². The molecule has 2 unspecified atom stereocenters. The van der Waals surface area contributed by atoms with Crippen molar-refractivity contribution in [1.82, 2.24) is 10.2 Å². The minimum absolute atomic E-state index is 0.200. The molecule has 1 saturated heterocycles. The lowest BCUT2D eigenvalue weighted by Gasteiger charge is -2.24. The van der Waals surface area contributed by atoms with Crippen molar-refractivity contribution in [2.45, 2.75) is 51.1 Å². The average Bonchev–Trinajstić information content (AvgIpc) is 2.86. The molecule has 0 radical (unpaired) electrons. The van der Waals surface area contributed by atoms with Crippen LogP contribution in [0, 0.1) is 5.92 Å². The van der Waals surface area contributed by atoms with E-state index in [2.05, 4.69) is 12.2 Å². The molecule has 17 heavy (non-hydrogen) atoms. The standard InChI is InChI=1S/C12H20N2O3/c1-8-4-5-9(7-8)13-12(17)14-6-2-3-10(14)11(15)16/h8-10H,2-7H2,1H3,(H,13,17)(H,15,16)/t8?,9?,10-/m1/s1. The molecule has 2 fully saturated rings. The van der Waals surface area contributed by atoms with Gasteiger partial charge in [0.05, 0.1) is 0 Å². The monoisotopic (exact) mass is 240 g/mol. The Morgan fingerprint density at radius 1 is 1.29 bits per heavy atom. The zero-order valence-electron chi connectivity index (χ0n) is 10.2. The predicted octanol–water partition coefficient (Wildman–Crippen LogP) is 1.43. The molecule has 5 heteroatoms. The summed E-state index contributed by atoms with van der Waals surface area (Å²) in [5.41, 5.74) is 0. The van der Waals surface area contributed by atoms with E-state index < -0.39 is 12.0 Å². The molecule has 2 aliphatic rings. The van der Waals surface area contributed by atoms with Crippen LogP contribution in [0.25, 0.3) is 0 Å². The molecule has 1 aliphatic heterocycles. The number of carboxylic acids is 1. The number of hydrogen-bond acceptors (Lipinski definition) is 2. The summed E-state index contributed by atoms with van der Waals surface area (Å²) in [6.07, 6.45) is 4.53. The summed E-state index contributed by atoms with van der Waals surface area (Å²) in [6.45, 7) is 2.74. The summed E-state index contributed by atoms with van der Waals surface area (Å²) in [5, 5.41) is 12.0. The number of carbonyl (C=O) groups is 2. The molecule has 2 amide bonds. The van der Waals surface area contributed by atoms with E-state index in [1.165, 1.54) is 4.90 Å². The maximum Gasteiger partial charge on any atom is 0.326 e. The van der Waals surface area contributed by atoms with Crippen molar-refractivity contribution in [3.63, 3.8) is 0 Å². The Morgan fingerprint density at radius 3 is 2.65 bits per heavy atom. The van der Waals surface area contributed by atoms with Crippen LogP contribution in [0.4, 0.5) is 4.79 Å². The molecule has 5 nitrogen and oxygen atoms in total. The first-order chi connectivity index (χ1) is 8.08. The van der Waals surface area contributed by atoms with Gasteiger partial charge in [-0.3, -0.25) is 0 Å². The number of nitrogens with zero attached hydrogens (tertiary/aromatic N) is 1. The SMILES string of the molecule is CC1CCC(NC(=O)N2CCC[C@@H]2C(=O)O)C1. The molecule has 1 heterocycles. The third-order valence-corrected chi connectivity index (χ3v) is 3.82. The molecule has 0 aromatic rings. The van der Waals surface area contributed by atoms with E-state index in [-0.39, 0.29) is 12.1 Å². The first-order valence-corrected chi connectivity index (χ1v) is 6.38. The van der Waals surface area contributed by atoms with Gasteiger partial charge in [-0.25, -0.2) is 9.59 Å². The highest BCUT2D eigenvalue weighted by Gasteiger charge is 2.35. The Kier molecular flexibility index (Phi) is 3.54. The fraction of sp³-hybridized carbons (Fsp3) is 0.833. The fourth-order valence-electron chi connectivity index (χ4n) is 2.86. The molecule has 0 aromatic heterocycles. The summed E-state index contributed by atoms with van der Waals surface area (Å²) in [5.74, 6) is -0.230. The van der Waals surface area contributed by atoms with Crippen LogP contribution in [-0.2, 0) is 4.79 Å². The zero-order chi connectivity index (χ0) is 12.4. The molecular weight excluding hydrogens is 220 g/mol. The summed E-state index contributed by atoms with van der Waals surface area (Å²) in [6, 6.07) is -0.602. The molecule has 2 rings (SSSR count). The van der Waals surface area contributed by atoms with Crippen molar-refractivity contribution in [2.75, 3.05) is 6.54 Å². The third-order valence-electron chi connectivity index (χ3n) is 3.82. The maximum absolute atomic E-state index is 12.0. The van der Waals surface area contributed by atoms with Crippen molar-refractivity contribution in [3.8, 4) is 0 Å². The lowest BCUT2D eigenvalue weighted by molar-refractivity contribution is -0.141. The smallest absolute Gasteiger partial charge is 0.326 e. The van der Waals surface area contributed by atoms with Gasteiger partial charge in [-0.15, -0.1) is 0 Å². The van der Waals surface area contributed by atoms with Gasteiger partial charge in [-0.2, -0.15) is 0 Å². The van der Waals surface area contributed by atoms with E-state index in [0.29, 0.717) is 18.9 Å².